The summed E-state index contributed by atoms with van der Waals surface area (Å²) in [6.07, 6.45) is -0.0818. The Kier molecular flexibility index (Phi) is 8.69. The maximum absolute atomic E-state index is 6.23. The highest BCUT2D eigenvalue weighted by Crippen LogP contribution is 2.19. The minimum atomic E-state index is -1.99. The minimum Gasteiger partial charge on any atom is -0.442 e. The van der Waals surface area contributed by atoms with Crippen LogP contribution in [0, 0.1) is 0 Å². The lowest BCUT2D eigenvalue weighted by Crippen LogP contribution is -2.46. The Balaban J connectivity index is 4.51. The lowest BCUT2D eigenvalue weighted by atomic mass is 10.8. The van der Waals surface area contributed by atoms with Gasteiger partial charge in [0.25, 0.3) is 0 Å². The van der Waals surface area contributed by atoms with Crippen LogP contribution in [0.25, 0.3) is 0 Å². The third-order valence-electron chi connectivity index (χ3n) is 2.33. The van der Waals surface area contributed by atoms with Gasteiger partial charge in [-0.1, -0.05) is 0 Å². The molecule has 134 valence electrons. The van der Waals surface area contributed by atoms with Crippen molar-refractivity contribution in [3.63, 3.8) is 0 Å². The van der Waals surface area contributed by atoms with E-state index in [2.05, 4.69) is 72.0 Å². The molecule has 0 bridgehead atoms. The maximum atomic E-state index is 6.23. The standard InChI is InChI=1S/C13H38O4Si5/c1-19(2,3)14-13(15-20(4,5)6)12-18-16-22(10,11)17-21(7,8)9/h13H,12,18H2,1-11H3. The predicted octanol–water partition coefficient (Wildman–Crippen LogP) is 4.09. The average Bonchev–Trinajstić information content (AvgIpc) is 2.05. The predicted molar refractivity (Wildman–Crippen MR) is 109 cm³/mol. The van der Waals surface area contributed by atoms with E-state index in [9.17, 15) is 0 Å². The first-order valence-electron chi connectivity index (χ1n) is 8.19. The molecule has 0 saturated heterocycles. The Morgan fingerprint density at radius 2 is 1.09 bits per heavy atom. The molecule has 0 spiro atoms. The molecule has 0 radical (unpaired) electrons. The van der Waals surface area contributed by atoms with Crippen LogP contribution < -0.4 is 0 Å². The van der Waals surface area contributed by atoms with Gasteiger partial charge in [-0.2, -0.15) is 0 Å². The van der Waals surface area contributed by atoms with Crippen LogP contribution in [-0.4, -0.2) is 49.6 Å². The molecule has 4 nitrogen and oxygen atoms in total. The van der Waals surface area contributed by atoms with Crippen LogP contribution in [0.15, 0.2) is 0 Å². The molecule has 0 heterocycles. The molecule has 0 aromatic carbocycles. The third-order valence-corrected chi connectivity index (χ3v) is 13.0. The van der Waals surface area contributed by atoms with Gasteiger partial charge < -0.3 is 17.1 Å². The van der Waals surface area contributed by atoms with E-state index < -0.39 is 43.3 Å². The maximum Gasteiger partial charge on any atom is 0.310 e. The first-order chi connectivity index (χ1) is 9.49. The normalized spacial score (nSPS) is 15.3. The van der Waals surface area contributed by atoms with Crippen molar-refractivity contribution >= 4 is 43.3 Å². The van der Waals surface area contributed by atoms with Crippen LogP contribution in [-0.2, 0) is 17.1 Å². The van der Waals surface area contributed by atoms with Crippen molar-refractivity contribution in [1.29, 1.82) is 0 Å². The summed E-state index contributed by atoms with van der Waals surface area (Å²) in [6.45, 7) is 24.2. The van der Waals surface area contributed by atoms with Gasteiger partial charge in [-0.3, -0.25) is 0 Å². The van der Waals surface area contributed by atoms with Gasteiger partial charge in [-0.05, 0) is 72.0 Å². The highest BCUT2D eigenvalue weighted by atomic mass is 28.5. The van der Waals surface area contributed by atoms with Crippen molar-refractivity contribution in [2.45, 2.75) is 84.4 Å². The largest absolute Gasteiger partial charge is 0.442 e. The van der Waals surface area contributed by atoms with E-state index in [0.29, 0.717) is 0 Å². The fourth-order valence-corrected chi connectivity index (χ4v) is 14.1. The average molecular weight is 399 g/mol. The van der Waals surface area contributed by atoms with E-state index in [1.807, 2.05) is 0 Å². The van der Waals surface area contributed by atoms with Crippen molar-refractivity contribution in [2.75, 3.05) is 0 Å². The van der Waals surface area contributed by atoms with E-state index in [-0.39, 0.29) is 6.29 Å². The molecule has 0 amide bonds. The monoisotopic (exact) mass is 398 g/mol. The zero-order valence-corrected chi connectivity index (χ0v) is 22.0. The first-order valence-corrected chi connectivity index (χ1v) is 22.8. The molecule has 0 atom stereocenters. The number of hydrogen-bond donors (Lipinski definition) is 0. The van der Waals surface area contributed by atoms with E-state index in [0.717, 1.165) is 6.04 Å². The van der Waals surface area contributed by atoms with Gasteiger partial charge in [0.1, 0.15) is 6.29 Å². The van der Waals surface area contributed by atoms with Crippen LogP contribution in [0.1, 0.15) is 0 Å². The van der Waals surface area contributed by atoms with Gasteiger partial charge in [0.15, 0.2) is 34.7 Å². The summed E-state index contributed by atoms with van der Waals surface area (Å²) in [4.78, 5) is 0. The van der Waals surface area contributed by atoms with Gasteiger partial charge in [0.2, 0.25) is 0 Å². The Morgan fingerprint density at radius 3 is 1.41 bits per heavy atom. The summed E-state index contributed by atoms with van der Waals surface area (Å²) >= 11 is 0. The fourth-order valence-electron chi connectivity index (χ4n) is 2.10. The van der Waals surface area contributed by atoms with E-state index in [4.69, 9.17) is 17.1 Å². The number of hydrogen-bond acceptors (Lipinski definition) is 4. The van der Waals surface area contributed by atoms with Gasteiger partial charge in [-0.25, -0.2) is 0 Å². The molecule has 0 unspecified atom stereocenters. The molecule has 0 rings (SSSR count). The Labute approximate surface area is 144 Å². The molecular formula is C13H38O4Si5. The zero-order valence-electron chi connectivity index (χ0n) is 16.6. The molecule has 22 heavy (non-hydrogen) atoms. The highest BCUT2D eigenvalue weighted by molar-refractivity contribution is 6.82. The highest BCUT2D eigenvalue weighted by Gasteiger charge is 2.32. The van der Waals surface area contributed by atoms with Crippen molar-refractivity contribution in [1.82, 2.24) is 0 Å². The molecule has 9 heteroatoms. The molecular weight excluding hydrogens is 361 g/mol. The van der Waals surface area contributed by atoms with Gasteiger partial charge in [-0.15, -0.1) is 0 Å². The second-order valence-corrected chi connectivity index (χ2v) is 28.0. The lowest BCUT2D eigenvalue weighted by molar-refractivity contribution is 0.00810. The summed E-state index contributed by atoms with van der Waals surface area (Å²) in [5.74, 6) is 0. The van der Waals surface area contributed by atoms with Gasteiger partial charge in [0.05, 0.1) is 0 Å². The minimum absolute atomic E-state index is 0.0818. The summed E-state index contributed by atoms with van der Waals surface area (Å²) in [5.41, 5.74) is 0. The molecule has 0 fully saturated rings. The fraction of sp³-hybridized carbons (Fsp3) is 1.00. The third kappa shape index (κ3) is 14.5. The number of rotatable bonds is 10. The van der Waals surface area contributed by atoms with Crippen LogP contribution in [0.5, 0.6) is 0 Å². The van der Waals surface area contributed by atoms with E-state index in [1.54, 1.807) is 0 Å². The molecule has 0 aliphatic carbocycles. The Hall–Kier alpha value is 0.924. The SMILES string of the molecule is C[Si](C)(C)OC(C[SiH2]O[Si](C)(C)O[Si](C)(C)C)O[Si](C)(C)C. The zero-order chi connectivity index (χ0) is 17.8. The molecule has 0 N–H and O–H groups in total. The summed E-state index contributed by atoms with van der Waals surface area (Å²) in [7, 11) is -7.42. The summed E-state index contributed by atoms with van der Waals surface area (Å²) < 4.78 is 24.9. The molecule has 0 saturated carbocycles. The van der Waals surface area contributed by atoms with Crippen molar-refractivity contribution in [3.8, 4) is 0 Å². The van der Waals surface area contributed by atoms with Crippen LogP contribution in [0.4, 0.5) is 0 Å². The topological polar surface area (TPSA) is 36.9 Å². The van der Waals surface area contributed by atoms with Gasteiger partial charge in [0, 0.05) is 6.04 Å². The van der Waals surface area contributed by atoms with Crippen molar-refractivity contribution in [2.24, 2.45) is 0 Å². The quantitative estimate of drug-likeness (QED) is 0.410. The first kappa shape index (κ1) is 22.9. The Morgan fingerprint density at radius 1 is 0.682 bits per heavy atom. The van der Waals surface area contributed by atoms with Crippen LogP contribution in [0.3, 0.4) is 0 Å². The van der Waals surface area contributed by atoms with E-state index >= 15 is 0 Å². The van der Waals surface area contributed by atoms with E-state index in [1.165, 1.54) is 0 Å². The van der Waals surface area contributed by atoms with Crippen molar-refractivity contribution in [3.05, 3.63) is 0 Å². The second kappa shape index (κ2) is 8.34. The Bertz CT molecular complexity index is 315. The molecule has 0 aliphatic rings. The molecule has 0 aromatic heterocycles. The van der Waals surface area contributed by atoms with Crippen LogP contribution in [0.2, 0.25) is 78.1 Å². The van der Waals surface area contributed by atoms with Crippen LogP contribution >= 0.6 is 0 Å². The molecule has 0 aromatic rings. The van der Waals surface area contributed by atoms with Crippen molar-refractivity contribution < 1.29 is 17.1 Å². The summed E-state index contributed by atoms with van der Waals surface area (Å²) in [5, 5.41) is 0. The smallest absolute Gasteiger partial charge is 0.310 e. The second-order valence-electron chi connectivity index (χ2n) is 9.14. The van der Waals surface area contributed by atoms with Gasteiger partial charge >= 0.3 is 8.56 Å². The summed E-state index contributed by atoms with van der Waals surface area (Å²) in [6, 6.07) is 0.917. The lowest BCUT2D eigenvalue weighted by Gasteiger charge is -2.34. The molecule has 0 aliphatic heterocycles.